The molecular weight excluding hydrogens is 222 g/mol. The number of carboxylic acids is 1. The van der Waals surface area contributed by atoms with Crippen LogP contribution in [-0.2, 0) is 9.59 Å². The molecule has 6 nitrogen and oxygen atoms in total. The molecule has 1 saturated heterocycles. The number of carbonyl (C=O) groups excluding carboxylic acids is 2. The van der Waals surface area contributed by atoms with E-state index in [4.69, 9.17) is 5.11 Å². The number of nitrogens with zero attached hydrogens (tertiary/aromatic N) is 1. The van der Waals surface area contributed by atoms with E-state index >= 15 is 0 Å². The summed E-state index contributed by atoms with van der Waals surface area (Å²) in [6.45, 7) is 0.544. The summed E-state index contributed by atoms with van der Waals surface area (Å²) in [4.78, 5) is 33.9. The normalized spacial score (nSPS) is 21.3. The third-order valence-electron chi connectivity index (χ3n) is 1.99. The van der Waals surface area contributed by atoms with Gasteiger partial charge in [-0.15, -0.1) is 0 Å². The second-order valence-electron chi connectivity index (χ2n) is 3.42. The number of carboxylic acid groups (broad SMARTS) is 1. The zero-order chi connectivity index (χ0) is 11.6. The molecule has 0 aromatic carbocycles. The molecule has 0 radical (unpaired) electrons. The Morgan fingerprint density at radius 2 is 2.20 bits per heavy atom. The van der Waals surface area contributed by atoms with Crippen LogP contribution in [0.5, 0.6) is 0 Å². The van der Waals surface area contributed by atoms with E-state index in [-0.39, 0.29) is 6.42 Å². The Morgan fingerprint density at radius 3 is 2.67 bits per heavy atom. The Kier molecular flexibility index (Phi) is 3.35. The van der Waals surface area contributed by atoms with E-state index in [1.165, 1.54) is 0 Å². The Balaban J connectivity index is 2.75. The van der Waals surface area contributed by atoms with E-state index in [9.17, 15) is 19.5 Å². The maximum Gasteiger partial charge on any atom is 0.337 e. The lowest BCUT2D eigenvalue weighted by molar-refractivity contribution is -0.158. The van der Waals surface area contributed by atoms with Crippen molar-refractivity contribution in [2.24, 2.45) is 0 Å². The summed E-state index contributed by atoms with van der Waals surface area (Å²) in [6.07, 6.45) is 0.187. The number of aliphatic hydroxyl groups is 1. The summed E-state index contributed by atoms with van der Waals surface area (Å²) < 4.78 is 0. The molecule has 1 atom stereocenters. The van der Waals surface area contributed by atoms with Crippen LogP contribution in [0.2, 0.25) is 0 Å². The van der Waals surface area contributed by atoms with Gasteiger partial charge in [-0.05, 0) is 6.92 Å². The molecule has 84 valence electrons. The van der Waals surface area contributed by atoms with Crippen LogP contribution < -0.4 is 0 Å². The third kappa shape index (κ3) is 2.69. The minimum Gasteiger partial charge on any atom is -0.479 e. The van der Waals surface area contributed by atoms with Gasteiger partial charge in [0.15, 0.2) is 5.60 Å². The topological polar surface area (TPSA) is 94.9 Å². The highest BCUT2D eigenvalue weighted by atomic mass is 32.2. The summed E-state index contributed by atoms with van der Waals surface area (Å²) in [7, 11) is 0. The van der Waals surface area contributed by atoms with Crippen LogP contribution in [-0.4, -0.2) is 50.1 Å². The lowest BCUT2D eigenvalue weighted by atomic mass is 10.1. The largest absolute Gasteiger partial charge is 0.479 e. The van der Waals surface area contributed by atoms with Gasteiger partial charge >= 0.3 is 5.97 Å². The second-order valence-corrected chi connectivity index (χ2v) is 4.47. The smallest absolute Gasteiger partial charge is 0.337 e. The maximum atomic E-state index is 11.3. The molecule has 0 aromatic rings. The molecule has 1 rings (SSSR count). The van der Waals surface area contributed by atoms with E-state index in [1.807, 2.05) is 0 Å². The van der Waals surface area contributed by atoms with Crippen molar-refractivity contribution in [3.63, 3.8) is 0 Å². The molecule has 0 aliphatic carbocycles. The van der Waals surface area contributed by atoms with Gasteiger partial charge in [0.25, 0.3) is 5.24 Å². The van der Waals surface area contributed by atoms with Crippen molar-refractivity contribution in [2.45, 2.75) is 18.9 Å². The quantitative estimate of drug-likeness (QED) is 0.707. The van der Waals surface area contributed by atoms with Gasteiger partial charge in [-0.1, -0.05) is 11.8 Å². The Hall–Kier alpha value is -1.08. The predicted octanol–water partition coefficient (Wildman–Crippen LogP) is -0.0925. The van der Waals surface area contributed by atoms with Crippen molar-refractivity contribution in [2.75, 3.05) is 12.3 Å². The Labute approximate surface area is 90.2 Å². The zero-order valence-corrected chi connectivity index (χ0v) is 8.91. The van der Waals surface area contributed by atoms with Crippen LogP contribution >= 0.6 is 11.8 Å². The number of thioether (sulfide) groups is 1. The fraction of sp³-hybridized carbons (Fsp3) is 0.625. The summed E-state index contributed by atoms with van der Waals surface area (Å²) in [5.41, 5.74) is -2.09. The summed E-state index contributed by atoms with van der Waals surface area (Å²) in [5, 5.41) is 17.6. The van der Waals surface area contributed by atoms with Gasteiger partial charge in [-0.3, -0.25) is 14.5 Å². The number of hydrogen-bond donors (Lipinski definition) is 2. The van der Waals surface area contributed by atoms with Crippen LogP contribution in [0.4, 0.5) is 4.79 Å². The van der Waals surface area contributed by atoms with Crippen molar-refractivity contribution in [3.8, 4) is 0 Å². The van der Waals surface area contributed by atoms with E-state index in [2.05, 4.69) is 0 Å². The number of rotatable bonds is 3. The average molecular weight is 233 g/mol. The molecule has 1 heterocycles. The SMILES string of the molecule is CC(O)(CN1C(=O)CCSC1=O)C(=O)O. The average Bonchev–Trinajstić information content (AvgIpc) is 2.11. The van der Waals surface area contributed by atoms with Gasteiger partial charge in [0.1, 0.15) is 0 Å². The number of hydrogen-bond acceptors (Lipinski definition) is 5. The Morgan fingerprint density at radius 1 is 1.60 bits per heavy atom. The van der Waals surface area contributed by atoms with Crippen LogP contribution in [0.3, 0.4) is 0 Å². The van der Waals surface area contributed by atoms with Gasteiger partial charge in [0.2, 0.25) is 5.91 Å². The van der Waals surface area contributed by atoms with Gasteiger partial charge in [0, 0.05) is 12.2 Å². The molecule has 2 amide bonds. The summed E-state index contributed by atoms with van der Waals surface area (Å²) >= 11 is 0.944. The van der Waals surface area contributed by atoms with Crippen molar-refractivity contribution in [1.82, 2.24) is 4.90 Å². The first-order valence-corrected chi connectivity index (χ1v) is 5.26. The second kappa shape index (κ2) is 4.19. The van der Waals surface area contributed by atoms with Gasteiger partial charge in [-0.25, -0.2) is 4.79 Å². The molecule has 2 N–H and O–H groups in total. The number of amides is 2. The molecule has 1 aliphatic rings. The standard InChI is InChI=1S/C8H11NO5S/c1-8(14,6(11)12)4-9-5(10)2-3-15-7(9)13/h14H,2-4H2,1H3,(H,11,12). The van der Waals surface area contributed by atoms with Gasteiger partial charge < -0.3 is 10.2 Å². The van der Waals surface area contributed by atoms with Crippen molar-refractivity contribution < 1.29 is 24.6 Å². The van der Waals surface area contributed by atoms with Gasteiger partial charge in [0.05, 0.1) is 6.54 Å². The van der Waals surface area contributed by atoms with Crippen molar-refractivity contribution >= 4 is 28.9 Å². The van der Waals surface area contributed by atoms with Crippen molar-refractivity contribution in [1.29, 1.82) is 0 Å². The fourth-order valence-corrected chi connectivity index (χ4v) is 1.84. The van der Waals surface area contributed by atoms with E-state index in [1.54, 1.807) is 0 Å². The number of imide groups is 1. The highest BCUT2D eigenvalue weighted by Gasteiger charge is 2.38. The van der Waals surface area contributed by atoms with Crippen LogP contribution in [0, 0.1) is 0 Å². The molecule has 1 unspecified atom stereocenters. The number of aliphatic carboxylic acids is 1. The fourth-order valence-electron chi connectivity index (χ4n) is 1.07. The van der Waals surface area contributed by atoms with E-state index in [0.29, 0.717) is 5.75 Å². The van der Waals surface area contributed by atoms with E-state index in [0.717, 1.165) is 23.6 Å². The molecule has 0 bridgehead atoms. The highest BCUT2D eigenvalue weighted by Crippen LogP contribution is 2.20. The van der Waals surface area contributed by atoms with Gasteiger partial charge in [-0.2, -0.15) is 0 Å². The lowest BCUT2D eigenvalue weighted by Gasteiger charge is -2.29. The minimum absolute atomic E-state index is 0.187. The minimum atomic E-state index is -2.09. The molecule has 15 heavy (non-hydrogen) atoms. The first-order chi connectivity index (χ1) is 6.84. The summed E-state index contributed by atoms with van der Waals surface area (Å²) in [5.74, 6) is -1.50. The molecule has 7 heteroatoms. The molecule has 1 fully saturated rings. The molecule has 1 aliphatic heterocycles. The van der Waals surface area contributed by atoms with Crippen molar-refractivity contribution in [3.05, 3.63) is 0 Å². The molecule has 0 saturated carbocycles. The molecular formula is C8H11NO5S. The monoisotopic (exact) mass is 233 g/mol. The lowest BCUT2D eigenvalue weighted by Crippen LogP contribution is -2.51. The summed E-state index contributed by atoms with van der Waals surface area (Å²) in [6, 6.07) is 0. The van der Waals surface area contributed by atoms with Crippen LogP contribution in [0.25, 0.3) is 0 Å². The van der Waals surface area contributed by atoms with Crippen LogP contribution in [0.1, 0.15) is 13.3 Å². The first kappa shape index (κ1) is 12.0. The number of carbonyl (C=O) groups is 3. The third-order valence-corrected chi connectivity index (χ3v) is 2.87. The predicted molar refractivity (Wildman–Crippen MR) is 52.4 cm³/mol. The van der Waals surface area contributed by atoms with Crippen LogP contribution in [0.15, 0.2) is 0 Å². The Bertz CT molecular complexity index is 298. The number of β-amino-alcohol motifs (C(OH)–C–C–N with tert-alkyl or cyclic N) is 1. The first-order valence-electron chi connectivity index (χ1n) is 4.27. The molecule has 0 aromatic heterocycles. The molecule has 0 spiro atoms. The van der Waals surface area contributed by atoms with E-state index < -0.39 is 29.3 Å². The maximum absolute atomic E-state index is 11.3. The highest BCUT2D eigenvalue weighted by molar-refractivity contribution is 8.13. The zero-order valence-electron chi connectivity index (χ0n) is 8.10.